The van der Waals surface area contributed by atoms with Gasteiger partial charge in [0.25, 0.3) is 0 Å². The second-order valence-electron chi connectivity index (χ2n) is 5.66. The van der Waals surface area contributed by atoms with Gasteiger partial charge in [-0.2, -0.15) is 0 Å². The van der Waals surface area contributed by atoms with Gasteiger partial charge >= 0.3 is 0 Å². The summed E-state index contributed by atoms with van der Waals surface area (Å²) in [6.07, 6.45) is 0.105. The minimum atomic E-state index is -2.82. The van der Waals surface area contributed by atoms with Crippen molar-refractivity contribution in [1.82, 2.24) is 5.32 Å². The second-order valence-corrected chi connectivity index (χ2v) is 7.89. The van der Waals surface area contributed by atoms with Gasteiger partial charge in [-0.15, -0.1) is 0 Å². The number of aliphatic hydroxyl groups excluding tert-OH is 1. The van der Waals surface area contributed by atoms with Gasteiger partial charge in [-0.25, -0.2) is 8.42 Å². The number of sulfone groups is 1. The molecule has 0 spiro atoms. The zero-order valence-electron chi connectivity index (χ0n) is 12.3. The highest BCUT2D eigenvalue weighted by atomic mass is 32.2. The van der Waals surface area contributed by atoms with E-state index in [2.05, 4.69) is 5.32 Å². The number of nitrogens with one attached hydrogen (secondary N) is 1. The number of hydrogen-bond donors (Lipinski definition) is 2. The van der Waals surface area contributed by atoms with Crippen LogP contribution in [0.5, 0.6) is 5.75 Å². The van der Waals surface area contributed by atoms with Crippen molar-refractivity contribution in [3.05, 3.63) is 29.8 Å². The van der Waals surface area contributed by atoms with E-state index >= 15 is 0 Å². The lowest BCUT2D eigenvalue weighted by Gasteiger charge is -2.15. The molecule has 1 fully saturated rings. The Hall–Kier alpha value is -1.11. The van der Waals surface area contributed by atoms with Gasteiger partial charge in [0.2, 0.25) is 0 Å². The number of benzene rings is 1. The predicted molar refractivity (Wildman–Crippen MR) is 82.3 cm³/mol. The maximum Gasteiger partial charge on any atom is 0.150 e. The molecule has 0 amide bonds. The SMILES string of the molecule is Cc1ccccc1OCC(O)CNCC1CCS(=O)(=O)C1. The Morgan fingerprint density at radius 1 is 1.43 bits per heavy atom. The number of aliphatic hydroxyl groups is 1. The quantitative estimate of drug-likeness (QED) is 0.777. The van der Waals surface area contributed by atoms with Crippen LogP contribution >= 0.6 is 0 Å². The molecule has 1 aliphatic heterocycles. The molecule has 1 aliphatic rings. The Morgan fingerprint density at radius 3 is 2.86 bits per heavy atom. The molecule has 118 valence electrons. The van der Waals surface area contributed by atoms with Gasteiger partial charge in [0.15, 0.2) is 9.84 Å². The van der Waals surface area contributed by atoms with Gasteiger partial charge < -0.3 is 15.2 Å². The van der Waals surface area contributed by atoms with Gasteiger partial charge in [0.05, 0.1) is 11.5 Å². The minimum absolute atomic E-state index is 0.166. The molecule has 2 N–H and O–H groups in total. The van der Waals surface area contributed by atoms with Crippen LogP contribution in [0, 0.1) is 12.8 Å². The van der Waals surface area contributed by atoms with Gasteiger partial charge in [-0.3, -0.25) is 0 Å². The van der Waals surface area contributed by atoms with Gasteiger partial charge in [-0.05, 0) is 37.4 Å². The number of para-hydroxylation sites is 1. The van der Waals surface area contributed by atoms with Crippen molar-refractivity contribution in [2.24, 2.45) is 5.92 Å². The Bertz CT molecular complexity index is 559. The summed E-state index contributed by atoms with van der Waals surface area (Å²) in [5.41, 5.74) is 1.04. The van der Waals surface area contributed by atoms with Gasteiger partial charge in [0.1, 0.15) is 18.5 Å². The van der Waals surface area contributed by atoms with E-state index in [1.54, 1.807) is 0 Å². The second kappa shape index (κ2) is 7.24. The van der Waals surface area contributed by atoms with Crippen molar-refractivity contribution >= 4 is 9.84 Å². The molecule has 2 unspecified atom stereocenters. The molecule has 0 bridgehead atoms. The number of hydrogen-bond acceptors (Lipinski definition) is 5. The highest BCUT2D eigenvalue weighted by Crippen LogP contribution is 2.17. The summed E-state index contributed by atoms with van der Waals surface area (Å²) in [7, 11) is -2.82. The Kier molecular flexibility index (Phi) is 5.61. The van der Waals surface area contributed by atoms with Crippen LogP contribution in [0.25, 0.3) is 0 Å². The van der Waals surface area contributed by atoms with Crippen molar-refractivity contribution in [2.75, 3.05) is 31.2 Å². The molecule has 0 radical (unpaired) electrons. The third-order valence-electron chi connectivity index (χ3n) is 3.66. The molecule has 1 aromatic rings. The normalized spacial score (nSPS) is 22.1. The first-order valence-corrected chi connectivity index (χ1v) is 9.06. The number of ether oxygens (including phenoxy) is 1. The fourth-order valence-electron chi connectivity index (χ4n) is 2.45. The first kappa shape index (κ1) is 16.3. The molecule has 6 heteroatoms. The lowest BCUT2D eigenvalue weighted by Crippen LogP contribution is -2.34. The van der Waals surface area contributed by atoms with Gasteiger partial charge in [0, 0.05) is 6.54 Å². The number of aryl methyl sites for hydroxylation is 1. The van der Waals surface area contributed by atoms with Crippen molar-refractivity contribution < 1.29 is 18.3 Å². The molecule has 0 aromatic heterocycles. The standard InChI is InChI=1S/C15H23NO4S/c1-12-4-2-3-5-15(12)20-10-14(17)9-16-8-13-6-7-21(18,19)11-13/h2-5,13-14,16-17H,6-11H2,1H3. The van der Waals surface area contributed by atoms with Crippen LogP contribution in [0.15, 0.2) is 24.3 Å². The monoisotopic (exact) mass is 313 g/mol. The fourth-order valence-corrected chi connectivity index (χ4v) is 4.31. The van der Waals surface area contributed by atoms with E-state index in [0.717, 1.165) is 11.3 Å². The largest absolute Gasteiger partial charge is 0.491 e. The van der Waals surface area contributed by atoms with Crippen LogP contribution in [-0.2, 0) is 9.84 Å². The summed E-state index contributed by atoms with van der Waals surface area (Å²) < 4.78 is 28.2. The summed E-state index contributed by atoms with van der Waals surface area (Å²) in [6, 6.07) is 7.67. The molecule has 2 atom stereocenters. The van der Waals surface area contributed by atoms with E-state index in [1.807, 2.05) is 31.2 Å². The molecule has 1 saturated heterocycles. The molecule has 1 aromatic carbocycles. The maximum absolute atomic E-state index is 11.3. The topological polar surface area (TPSA) is 75.6 Å². The smallest absolute Gasteiger partial charge is 0.150 e. The third kappa shape index (κ3) is 5.30. The van der Waals surface area contributed by atoms with Crippen LogP contribution in [0.3, 0.4) is 0 Å². The Balaban J connectivity index is 1.64. The molecular weight excluding hydrogens is 290 g/mol. The average Bonchev–Trinajstić information content (AvgIpc) is 2.77. The molecule has 5 nitrogen and oxygen atoms in total. The van der Waals surface area contributed by atoms with E-state index in [-0.39, 0.29) is 24.0 Å². The maximum atomic E-state index is 11.3. The zero-order valence-corrected chi connectivity index (χ0v) is 13.1. The predicted octanol–water partition coefficient (Wildman–Crippen LogP) is 0.759. The van der Waals surface area contributed by atoms with Crippen molar-refractivity contribution in [2.45, 2.75) is 19.4 Å². The molecule has 0 aliphatic carbocycles. The molecule has 2 rings (SSSR count). The average molecular weight is 313 g/mol. The highest BCUT2D eigenvalue weighted by molar-refractivity contribution is 7.91. The van der Waals surface area contributed by atoms with Crippen LogP contribution in [0.1, 0.15) is 12.0 Å². The first-order chi connectivity index (χ1) is 9.96. The minimum Gasteiger partial charge on any atom is -0.491 e. The first-order valence-electron chi connectivity index (χ1n) is 7.24. The molecule has 1 heterocycles. The lowest BCUT2D eigenvalue weighted by atomic mass is 10.1. The van der Waals surface area contributed by atoms with E-state index in [9.17, 15) is 13.5 Å². The summed E-state index contributed by atoms with van der Waals surface area (Å²) in [4.78, 5) is 0. The summed E-state index contributed by atoms with van der Waals surface area (Å²) in [5, 5.41) is 13.0. The van der Waals surface area contributed by atoms with Crippen molar-refractivity contribution in [3.8, 4) is 5.75 Å². The van der Waals surface area contributed by atoms with Crippen LogP contribution in [0.2, 0.25) is 0 Å². The molecule has 0 saturated carbocycles. The highest BCUT2D eigenvalue weighted by Gasteiger charge is 2.27. The van der Waals surface area contributed by atoms with Crippen LogP contribution in [0.4, 0.5) is 0 Å². The molecule has 21 heavy (non-hydrogen) atoms. The van der Waals surface area contributed by atoms with E-state index in [1.165, 1.54) is 0 Å². The van der Waals surface area contributed by atoms with Crippen molar-refractivity contribution in [1.29, 1.82) is 0 Å². The summed E-state index contributed by atoms with van der Waals surface area (Å²) >= 11 is 0. The summed E-state index contributed by atoms with van der Waals surface area (Å²) in [6.45, 7) is 3.21. The number of rotatable bonds is 7. The zero-order chi connectivity index (χ0) is 15.3. The van der Waals surface area contributed by atoms with Crippen LogP contribution in [-0.4, -0.2) is 50.8 Å². The lowest BCUT2D eigenvalue weighted by molar-refractivity contribution is 0.105. The third-order valence-corrected chi connectivity index (χ3v) is 5.50. The Morgan fingerprint density at radius 2 is 2.19 bits per heavy atom. The van der Waals surface area contributed by atoms with E-state index in [0.29, 0.717) is 19.5 Å². The van der Waals surface area contributed by atoms with Gasteiger partial charge in [-0.1, -0.05) is 18.2 Å². The van der Waals surface area contributed by atoms with Crippen LogP contribution < -0.4 is 10.1 Å². The molecular formula is C15H23NO4S. The summed E-state index contributed by atoms with van der Waals surface area (Å²) in [5.74, 6) is 1.49. The Labute approximate surface area is 126 Å². The fraction of sp³-hybridized carbons (Fsp3) is 0.600. The van der Waals surface area contributed by atoms with E-state index < -0.39 is 15.9 Å². The van der Waals surface area contributed by atoms with Crippen molar-refractivity contribution in [3.63, 3.8) is 0 Å². The van der Waals surface area contributed by atoms with E-state index in [4.69, 9.17) is 4.74 Å².